The number of aryl methyl sites for hydroxylation is 3. The summed E-state index contributed by atoms with van der Waals surface area (Å²) in [5, 5.41) is 0.782. The Morgan fingerprint density at radius 3 is 2.14 bits per heavy atom. The first-order valence-electron chi connectivity index (χ1n) is 11.1. The lowest BCUT2D eigenvalue weighted by molar-refractivity contribution is -0.136. The number of amides is 1. The number of ether oxygens (including phenoxy) is 1. The number of rotatable bonds is 4. The Morgan fingerprint density at radius 2 is 1.54 bits per heavy atom. The van der Waals surface area contributed by atoms with E-state index in [1.807, 2.05) is 19.9 Å². The number of nitrogens with zero attached hydrogens (tertiary/aromatic N) is 2. The zero-order valence-corrected chi connectivity index (χ0v) is 22.0. The second kappa shape index (κ2) is 9.40. The Hall–Kier alpha value is -3.28. The SMILES string of the molecule is COC(=O)C1=C(C)N(c2cc(Cl)cc(Cl)c2)C(=O)/C1=C\c1cc(C)n(-c2ccc(C)c(C)c2)c1C. The summed E-state index contributed by atoms with van der Waals surface area (Å²) in [7, 11) is 1.30. The molecule has 1 amide bonds. The number of benzene rings is 2. The van der Waals surface area contributed by atoms with Crippen LogP contribution in [0.2, 0.25) is 10.0 Å². The third-order valence-corrected chi connectivity index (χ3v) is 6.85. The molecule has 0 radical (unpaired) electrons. The van der Waals surface area contributed by atoms with Gasteiger partial charge in [-0.2, -0.15) is 0 Å². The van der Waals surface area contributed by atoms with Gasteiger partial charge < -0.3 is 9.30 Å². The standard InChI is InChI=1S/C28H26Cl2N2O3/c1-15-7-8-23(9-16(15)2)31-17(3)10-20(18(31)4)11-25-26(28(34)35-6)19(5)32(27(25)33)24-13-21(29)12-22(30)14-24/h7-14H,1-6H3/b25-11-. The number of esters is 1. The highest BCUT2D eigenvalue weighted by atomic mass is 35.5. The quantitative estimate of drug-likeness (QED) is 0.284. The molecule has 2 heterocycles. The summed E-state index contributed by atoms with van der Waals surface area (Å²) in [6.07, 6.45) is 1.75. The fourth-order valence-corrected chi connectivity index (χ4v) is 5.03. The van der Waals surface area contributed by atoms with Gasteiger partial charge >= 0.3 is 5.97 Å². The molecular formula is C28H26Cl2N2O3. The summed E-state index contributed by atoms with van der Waals surface area (Å²) in [6.45, 7) is 9.89. The fourth-order valence-electron chi connectivity index (χ4n) is 4.51. The number of anilines is 1. The van der Waals surface area contributed by atoms with Gasteiger partial charge in [0.25, 0.3) is 5.91 Å². The Morgan fingerprint density at radius 1 is 0.886 bits per heavy atom. The minimum absolute atomic E-state index is 0.213. The number of aromatic nitrogens is 1. The summed E-state index contributed by atoms with van der Waals surface area (Å²) in [5.41, 5.74) is 7.67. The molecule has 0 unspecified atom stereocenters. The molecule has 7 heteroatoms. The van der Waals surface area contributed by atoms with E-state index in [1.165, 1.54) is 23.1 Å². The highest BCUT2D eigenvalue weighted by Crippen LogP contribution is 2.38. The van der Waals surface area contributed by atoms with E-state index in [9.17, 15) is 9.59 Å². The van der Waals surface area contributed by atoms with Crippen molar-refractivity contribution in [3.8, 4) is 5.69 Å². The topological polar surface area (TPSA) is 51.5 Å². The third-order valence-electron chi connectivity index (χ3n) is 6.41. The van der Waals surface area contributed by atoms with Crippen molar-refractivity contribution >= 4 is 46.8 Å². The number of carbonyl (C=O) groups excluding carboxylic acids is 2. The maximum absolute atomic E-state index is 13.6. The average Bonchev–Trinajstić information content (AvgIpc) is 3.20. The summed E-state index contributed by atoms with van der Waals surface area (Å²) < 4.78 is 7.17. The van der Waals surface area contributed by atoms with E-state index in [1.54, 1.807) is 31.2 Å². The van der Waals surface area contributed by atoms with Crippen molar-refractivity contribution < 1.29 is 14.3 Å². The molecule has 3 aromatic rings. The third kappa shape index (κ3) is 4.42. The Labute approximate surface area is 215 Å². The molecule has 0 N–H and O–H groups in total. The predicted molar refractivity (Wildman–Crippen MR) is 141 cm³/mol. The van der Waals surface area contributed by atoms with E-state index in [0.29, 0.717) is 21.4 Å². The first-order chi connectivity index (χ1) is 16.5. The molecule has 0 fully saturated rings. The van der Waals surface area contributed by atoms with E-state index in [2.05, 4.69) is 36.6 Å². The van der Waals surface area contributed by atoms with E-state index in [-0.39, 0.29) is 17.1 Å². The van der Waals surface area contributed by atoms with Crippen LogP contribution in [0.1, 0.15) is 35.0 Å². The van der Waals surface area contributed by atoms with Crippen LogP contribution in [-0.4, -0.2) is 23.6 Å². The van der Waals surface area contributed by atoms with E-state index in [0.717, 1.165) is 22.6 Å². The minimum Gasteiger partial charge on any atom is -0.465 e. The molecule has 2 aromatic carbocycles. The van der Waals surface area contributed by atoms with Crippen LogP contribution in [0, 0.1) is 27.7 Å². The number of methoxy groups -OCH3 is 1. The van der Waals surface area contributed by atoms with Crippen LogP contribution in [0.5, 0.6) is 0 Å². The number of carbonyl (C=O) groups is 2. The van der Waals surface area contributed by atoms with Crippen molar-refractivity contribution in [3.63, 3.8) is 0 Å². The molecule has 1 aliphatic heterocycles. The number of allylic oxidation sites excluding steroid dienone is 1. The number of hydrogen-bond donors (Lipinski definition) is 0. The van der Waals surface area contributed by atoms with Crippen LogP contribution in [0.3, 0.4) is 0 Å². The molecule has 1 aliphatic rings. The fraction of sp³-hybridized carbons (Fsp3) is 0.214. The van der Waals surface area contributed by atoms with E-state index >= 15 is 0 Å². The van der Waals surface area contributed by atoms with Gasteiger partial charge in [-0.3, -0.25) is 9.69 Å². The molecular weight excluding hydrogens is 483 g/mol. The van der Waals surface area contributed by atoms with Crippen LogP contribution in [0.15, 0.2) is 59.3 Å². The molecule has 1 aromatic heterocycles. The Bertz CT molecular complexity index is 1430. The van der Waals surface area contributed by atoms with Gasteiger partial charge in [0, 0.05) is 32.8 Å². The second-order valence-electron chi connectivity index (χ2n) is 8.71. The van der Waals surface area contributed by atoms with Crippen LogP contribution in [0.4, 0.5) is 5.69 Å². The minimum atomic E-state index is -0.583. The van der Waals surface area contributed by atoms with Crippen LogP contribution in [0.25, 0.3) is 11.8 Å². The van der Waals surface area contributed by atoms with Crippen LogP contribution >= 0.6 is 23.2 Å². The first-order valence-corrected chi connectivity index (χ1v) is 11.9. The Kier molecular flexibility index (Phi) is 6.67. The predicted octanol–water partition coefficient (Wildman–Crippen LogP) is 6.89. The van der Waals surface area contributed by atoms with Gasteiger partial charge in [0.2, 0.25) is 0 Å². The smallest absolute Gasteiger partial charge is 0.340 e. The maximum atomic E-state index is 13.6. The van der Waals surface area contributed by atoms with Crippen molar-refractivity contribution in [2.45, 2.75) is 34.6 Å². The molecule has 0 aliphatic carbocycles. The molecule has 0 spiro atoms. The highest BCUT2D eigenvalue weighted by Gasteiger charge is 2.38. The summed E-state index contributed by atoms with van der Waals surface area (Å²) in [4.78, 5) is 27.9. The molecule has 0 atom stereocenters. The Balaban J connectivity index is 1.86. The largest absolute Gasteiger partial charge is 0.465 e. The average molecular weight is 509 g/mol. The van der Waals surface area contributed by atoms with Gasteiger partial charge in [-0.1, -0.05) is 29.3 Å². The highest BCUT2D eigenvalue weighted by molar-refractivity contribution is 6.35. The van der Waals surface area contributed by atoms with Crippen molar-refractivity contribution in [3.05, 3.63) is 97.4 Å². The van der Waals surface area contributed by atoms with Crippen molar-refractivity contribution in [1.82, 2.24) is 4.57 Å². The monoisotopic (exact) mass is 508 g/mol. The number of halogens is 2. The van der Waals surface area contributed by atoms with Gasteiger partial charge in [0.15, 0.2) is 0 Å². The van der Waals surface area contributed by atoms with Gasteiger partial charge in [-0.25, -0.2) is 4.79 Å². The summed E-state index contributed by atoms with van der Waals surface area (Å²) >= 11 is 12.4. The van der Waals surface area contributed by atoms with Crippen LogP contribution < -0.4 is 4.90 Å². The maximum Gasteiger partial charge on any atom is 0.340 e. The van der Waals surface area contributed by atoms with Crippen molar-refractivity contribution in [2.24, 2.45) is 0 Å². The van der Waals surface area contributed by atoms with Crippen molar-refractivity contribution in [1.29, 1.82) is 0 Å². The lowest BCUT2D eigenvalue weighted by atomic mass is 10.0. The molecule has 5 nitrogen and oxygen atoms in total. The lowest BCUT2D eigenvalue weighted by Gasteiger charge is -2.18. The molecule has 4 rings (SSSR count). The molecule has 35 heavy (non-hydrogen) atoms. The van der Waals surface area contributed by atoms with E-state index < -0.39 is 5.97 Å². The van der Waals surface area contributed by atoms with Gasteiger partial charge in [-0.05, 0) is 93.8 Å². The van der Waals surface area contributed by atoms with E-state index in [4.69, 9.17) is 27.9 Å². The van der Waals surface area contributed by atoms with Crippen LogP contribution in [-0.2, 0) is 14.3 Å². The molecule has 0 saturated heterocycles. The lowest BCUT2D eigenvalue weighted by Crippen LogP contribution is -2.24. The first kappa shape index (κ1) is 24.8. The van der Waals surface area contributed by atoms with Crippen molar-refractivity contribution in [2.75, 3.05) is 12.0 Å². The second-order valence-corrected chi connectivity index (χ2v) is 9.58. The molecule has 180 valence electrons. The summed E-state index contributed by atoms with van der Waals surface area (Å²) in [6, 6.07) is 13.2. The zero-order valence-electron chi connectivity index (χ0n) is 20.5. The molecule has 0 saturated carbocycles. The van der Waals surface area contributed by atoms with Gasteiger partial charge in [0.1, 0.15) is 0 Å². The zero-order chi connectivity index (χ0) is 25.6. The molecule has 0 bridgehead atoms. The van der Waals surface area contributed by atoms with Gasteiger partial charge in [0.05, 0.1) is 23.9 Å². The normalized spacial score (nSPS) is 14.9. The summed E-state index contributed by atoms with van der Waals surface area (Å²) in [5.74, 6) is -0.932. The van der Waals surface area contributed by atoms with Gasteiger partial charge in [-0.15, -0.1) is 0 Å². The number of hydrogen-bond acceptors (Lipinski definition) is 3.